The van der Waals surface area contributed by atoms with E-state index in [9.17, 15) is 4.79 Å². The lowest BCUT2D eigenvalue weighted by Crippen LogP contribution is -2.55. The van der Waals surface area contributed by atoms with Crippen LogP contribution >= 0.6 is 0 Å². The summed E-state index contributed by atoms with van der Waals surface area (Å²) in [5, 5.41) is 1.05. The normalized spacial score (nSPS) is 25.7. The minimum atomic E-state index is -0.644. The molecule has 1 aromatic heterocycles. The monoisotopic (exact) mass is 458 g/mol. The maximum atomic E-state index is 13.3. The number of carbonyl (C=O) groups is 1. The molecule has 0 spiro atoms. The fraction of sp³-hybridized carbons (Fsp3) is 0.448. The van der Waals surface area contributed by atoms with E-state index in [1.54, 1.807) is 6.92 Å². The van der Waals surface area contributed by atoms with E-state index in [0.717, 1.165) is 47.5 Å². The molecule has 5 heteroatoms. The molecule has 0 radical (unpaired) electrons. The highest BCUT2D eigenvalue weighted by atomic mass is 16.6. The Bertz CT molecular complexity index is 1110. The lowest BCUT2D eigenvalue weighted by molar-refractivity contribution is -0.170. The molecule has 3 fully saturated rings. The topological polar surface area (TPSA) is 51.7 Å². The summed E-state index contributed by atoms with van der Waals surface area (Å²) >= 11 is 0. The maximum Gasteiger partial charge on any atom is 0.335 e. The van der Waals surface area contributed by atoms with Crippen molar-refractivity contribution in [2.45, 2.75) is 58.0 Å². The number of piperidine rings is 3. The van der Waals surface area contributed by atoms with Crippen LogP contribution in [-0.2, 0) is 20.9 Å². The van der Waals surface area contributed by atoms with Gasteiger partial charge in [0.05, 0.1) is 18.2 Å². The number of nitrogens with zero attached hydrogens (tertiary/aromatic N) is 2. The minimum absolute atomic E-state index is 0.178. The fourth-order valence-electron chi connectivity index (χ4n) is 5.76. The molecule has 0 N–H and O–H groups in total. The molecule has 4 heterocycles. The maximum absolute atomic E-state index is 13.3. The Hall–Kier alpha value is -2.76. The van der Waals surface area contributed by atoms with Crippen LogP contribution in [0.5, 0.6) is 0 Å². The van der Waals surface area contributed by atoms with Gasteiger partial charge in [0.25, 0.3) is 0 Å². The standard InChI is InChI=1S/C29H34N2O3/c1-3-22-18-31-16-14-23(22)17-27(31)28(25-13-15-30-26-12-8-7-11-24(25)26)34-29(32)20(2)33-19-21-9-5-4-6-10-21/h4-13,15,20,22-23,27-28H,3,14,16-19H2,1-2H3/t20-,22-,23-,27-,28+/m0/s1. The van der Waals surface area contributed by atoms with Gasteiger partial charge in [-0.3, -0.25) is 9.88 Å². The van der Waals surface area contributed by atoms with Gasteiger partial charge in [0.15, 0.2) is 6.10 Å². The summed E-state index contributed by atoms with van der Waals surface area (Å²) in [6.07, 6.45) is 4.36. The molecule has 178 valence electrons. The molecular weight excluding hydrogens is 424 g/mol. The molecule has 3 saturated heterocycles. The Kier molecular flexibility index (Phi) is 6.93. The summed E-state index contributed by atoms with van der Waals surface area (Å²) in [6.45, 7) is 6.62. The van der Waals surface area contributed by atoms with E-state index in [2.05, 4.69) is 22.9 Å². The average molecular weight is 459 g/mol. The quantitative estimate of drug-likeness (QED) is 0.415. The third kappa shape index (κ3) is 4.73. The molecule has 2 bridgehead atoms. The van der Waals surface area contributed by atoms with Crippen LogP contribution in [-0.4, -0.2) is 41.1 Å². The SMILES string of the molecule is CC[C@H]1CN2CC[C@H]1C[C@H]2[C@H](OC(=O)[C@H](C)OCc1ccccc1)c1ccnc2ccccc12. The Balaban J connectivity index is 1.40. The summed E-state index contributed by atoms with van der Waals surface area (Å²) < 4.78 is 12.2. The number of esters is 1. The van der Waals surface area contributed by atoms with Crippen molar-refractivity contribution in [1.29, 1.82) is 0 Å². The second-order valence-corrected chi connectivity index (χ2v) is 9.73. The Labute approximate surface area is 202 Å². The van der Waals surface area contributed by atoms with Crippen LogP contribution in [0.2, 0.25) is 0 Å². The van der Waals surface area contributed by atoms with E-state index in [0.29, 0.717) is 12.5 Å². The molecule has 0 amide bonds. The Morgan fingerprint density at radius 3 is 2.68 bits per heavy atom. The number of aromatic nitrogens is 1. The molecule has 0 aliphatic carbocycles. The van der Waals surface area contributed by atoms with Crippen molar-refractivity contribution >= 4 is 16.9 Å². The van der Waals surface area contributed by atoms with Crippen molar-refractivity contribution in [3.63, 3.8) is 0 Å². The number of ether oxygens (including phenoxy) is 2. The van der Waals surface area contributed by atoms with Crippen LogP contribution in [0.15, 0.2) is 66.9 Å². The van der Waals surface area contributed by atoms with E-state index in [-0.39, 0.29) is 18.1 Å². The lowest BCUT2D eigenvalue weighted by Gasteiger charge is -2.51. The third-order valence-corrected chi connectivity index (χ3v) is 7.72. The van der Waals surface area contributed by atoms with Crippen LogP contribution in [0, 0.1) is 11.8 Å². The molecular formula is C29H34N2O3. The van der Waals surface area contributed by atoms with Crippen molar-refractivity contribution in [1.82, 2.24) is 9.88 Å². The van der Waals surface area contributed by atoms with Gasteiger partial charge in [-0.05, 0) is 55.8 Å². The van der Waals surface area contributed by atoms with Crippen molar-refractivity contribution in [2.75, 3.05) is 13.1 Å². The van der Waals surface area contributed by atoms with Crippen molar-refractivity contribution < 1.29 is 14.3 Å². The van der Waals surface area contributed by atoms with Crippen LogP contribution in [0.3, 0.4) is 0 Å². The number of hydrogen-bond acceptors (Lipinski definition) is 5. The van der Waals surface area contributed by atoms with Gasteiger partial charge in [0.1, 0.15) is 6.10 Å². The first kappa shape index (κ1) is 23.0. The van der Waals surface area contributed by atoms with Crippen molar-refractivity contribution in [3.05, 3.63) is 78.0 Å². The summed E-state index contributed by atoms with van der Waals surface area (Å²) in [7, 11) is 0. The highest BCUT2D eigenvalue weighted by Crippen LogP contribution is 2.44. The number of benzene rings is 2. The number of para-hydroxylation sites is 1. The second-order valence-electron chi connectivity index (χ2n) is 9.73. The fourth-order valence-corrected chi connectivity index (χ4v) is 5.76. The number of rotatable bonds is 8. The molecule has 5 nitrogen and oxygen atoms in total. The summed E-state index contributed by atoms with van der Waals surface area (Å²) in [6, 6.07) is 20.2. The second kappa shape index (κ2) is 10.2. The van der Waals surface area contributed by atoms with Gasteiger partial charge in [-0.25, -0.2) is 4.79 Å². The van der Waals surface area contributed by atoms with Crippen LogP contribution in [0.25, 0.3) is 10.9 Å². The number of pyridine rings is 1. The van der Waals surface area contributed by atoms with Crippen LogP contribution in [0.4, 0.5) is 0 Å². The van der Waals surface area contributed by atoms with Gasteiger partial charge in [0, 0.05) is 23.7 Å². The largest absolute Gasteiger partial charge is 0.454 e. The smallest absolute Gasteiger partial charge is 0.335 e. The molecule has 0 saturated carbocycles. The predicted octanol–water partition coefficient (Wildman–Crippen LogP) is 5.54. The van der Waals surface area contributed by atoms with Gasteiger partial charge in [-0.2, -0.15) is 0 Å². The zero-order valence-corrected chi connectivity index (χ0v) is 20.1. The number of fused-ring (bicyclic) bond motifs is 4. The Morgan fingerprint density at radius 2 is 1.91 bits per heavy atom. The zero-order valence-electron chi connectivity index (χ0n) is 20.1. The number of hydrogen-bond donors (Lipinski definition) is 0. The highest BCUT2D eigenvalue weighted by Gasteiger charge is 2.44. The van der Waals surface area contributed by atoms with Crippen LogP contribution < -0.4 is 0 Å². The summed E-state index contributed by atoms with van der Waals surface area (Å²) in [4.78, 5) is 20.4. The molecule has 34 heavy (non-hydrogen) atoms. The van der Waals surface area contributed by atoms with E-state index in [4.69, 9.17) is 9.47 Å². The van der Waals surface area contributed by atoms with Gasteiger partial charge < -0.3 is 9.47 Å². The Morgan fingerprint density at radius 1 is 1.12 bits per heavy atom. The van der Waals surface area contributed by atoms with Crippen molar-refractivity contribution in [3.8, 4) is 0 Å². The first-order chi connectivity index (χ1) is 16.6. The van der Waals surface area contributed by atoms with Gasteiger partial charge in [-0.1, -0.05) is 61.9 Å². The molecule has 3 aliphatic rings. The van der Waals surface area contributed by atoms with Gasteiger partial charge in [-0.15, -0.1) is 0 Å². The van der Waals surface area contributed by atoms with E-state index >= 15 is 0 Å². The average Bonchev–Trinajstić information content (AvgIpc) is 2.90. The summed E-state index contributed by atoms with van der Waals surface area (Å²) in [5.41, 5.74) is 3.01. The van der Waals surface area contributed by atoms with Gasteiger partial charge >= 0.3 is 5.97 Å². The molecule has 1 unspecified atom stereocenters. The van der Waals surface area contributed by atoms with Gasteiger partial charge in [0.2, 0.25) is 0 Å². The zero-order chi connectivity index (χ0) is 23.5. The van der Waals surface area contributed by atoms with Crippen molar-refractivity contribution in [2.24, 2.45) is 11.8 Å². The number of carbonyl (C=O) groups excluding carboxylic acids is 1. The van der Waals surface area contributed by atoms with Crippen LogP contribution in [0.1, 0.15) is 50.3 Å². The minimum Gasteiger partial charge on any atom is -0.454 e. The predicted molar refractivity (Wildman–Crippen MR) is 133 cm³/mol. The highest BCUT2D eigenvalue weighted by molar-refractivity contribution is 5.83. The van der Waals surface area contributed by atoms with E-state index in [1.165, 1.54) is 12.8 Å². The first-order valence-electron chi connectivity index (χ1n) is 12.6. The molecule has 6 atom stereocenters. The lowest BCUT2D eigenvalue weighted by atomic mass is 9.72. The molecule has 2 aromatic carbocycles. The first-order valence-corrected chi connectivity index (χ1v) is 12.6. The van der Waals surface area contributed by atoms with E-state index < -0.39 is 6.10 Å². The molecule has 3 aromatic rings. The van der Waals surface area contributed by atoms with E-state index in [1.807, 2.05) is 60.8 Å². The molecule has 6 rings (SSSR count). The third-order valence-electron chi connectivity index (χ3n) is 7.72. The summed E-state index contributed by atoms with van der Waals surface area (Å²) in [5.74, 6) is 1.13. The molecule has 3 aliphatic heterocycles.